The molecule has 0 heterocycles. The molecule has 2 N–H and O–H groups in total. The zero-order valence-corrected chi connectivity index (χ0v) is 18.4. The number of hydrogen-bond donors (Lipinski definition) is 2. The van der Waals surface area contributed by atoms with E-state index in [1.807, 2.05) is 0 Å². The molecule has 1 rings (SSSR count). The number of esters is 4. The van der Waals surface area contributed by atoms with Crippen molar-refractivity contribution in [3.63, 3.8) is 0 Å². The van der Waals surface area contributed by atoms with Crippen LogP contribution < -0.4 is 0 Å². The molecule has 0 unspecified atom stereocenters. The van der Waals surface area contributed by atoms with E-state index in [2.05, 4.69) is 13.2 Å². The van der Waals surface area contributed by atoms with Crippen molar-refractivity contribution < 1.29 is 57.9 Å². The SMILES string of the molecule is C=C(C)C(=O)OCCOC(=O)c1ccc(C(=O)OCCOC(=O)C(=C)C)c(C(=O)O)c1C(=O)O. The summed E-state index contributed by atoms with van der Waals surface area (Å²) in [7, 11) is 0. The predicted molar refractivity (Wildman–Crippen MR) is 112 cm³/mol. The Bertz CT molecular complexity index is 967. The molecule has 0 saturated heterocycles. The molecule has 0 aliphatic heterocycles. The summed E-state index contributed by atoms with van der Waals surface area (Å²) in [5.74, 6) is -7.54. The first kappa shape index (κ1) is 27.6. The van der Waals surface area contributed by atoms with E-state index in [9.17, 15) is 39.0 Å². The molecule has 1 aromatic rings. The standard InChI is InChI=1S/C22H22O12/c1-11(2)19(27)31-7-9-33-21(29)13-5-6-14(16(18(25)26)15(13)17(23)24)22(30)34-10-8-32-20(28)12(3)4/h5-6H,1,3,7-10H2,2,4H3,(H,23,24)(H,25,26). The van der Waals surface area contributed by atoms with Gasteiger partial charge in [0.25, 0.3) is 0 Å². The minimum absolute atomic E-state index is 0.113. The Kier molecular flexibility index (Phi) is 10.2. The van der Waals surface area contributed by atoms with Gasteiger partial charge in [0.05, 0.1) is 22.3 Å². The minimum Gasteiger partial charge on any atom is -0.478 e. The molecule has 34 heavy (non-hydrogen) atoms. The Morgan fingerprint density at radius 2 is 0.941 bits per heavy atom. The Labute approximate surface area is 193 Å². The van der Waals surface area contributed by atoms with Crippen molar-refractivity contribution in [3.8, 4) is 0 Å². The van der Waals surface area contributed by atoms with Crippen LogP contribution in [0.25, 0.3) is 0 Å². The second kappa shape index (κ2) is 12.5. The summed E-state index contributed by atoms with van der Waals surface area (Å²) in [6.07, 6.45) is 0. The highest BCUT2D eigenvalue weighted by atomic mass is 16.6. The lowest BCUT2D eigenvalue weighted by Crippen LogP contribution is -2.22. The van der Waals surface area contributed by atoms with Gasteiger partial charge in [-0.2, -0.15) is 0 Å². The van der Waals surface area contributed by atoms with Gasteiger partial charge < -0.3 is 29.2 Å². The molecule has 182 valence electrons. The third-order valence-electron chi connectivity index (χ3n) is 3.87. The number of carboxylic acid groups (broad SMARTS) is 2. The second-order valence-electron chi connectivity index (χ2n) is 6.63. The number of benzene rings is 1. The van der Waals surface area contributed by atoms with Gasteiger partial charge in [-0.05, 0) is 26.0 Å². The number of aromatic carboxylic acids is 2. The van der Waals surface area contributed by atoms with Gasteiger partial charge in [-0.1, -0.05) is 13.2 Å². The van der Waals surface area contributed by atoms with E-state index < -0.39 is 71.3 Å². The molecule has 0 spiro atoms. The van der Waals surface area contributed by atoms with Crippen LogP contribution in [0.2, 0.25) is 0 Å². The maximum Gasteiger partial charge on any atom is 0.339 e. The van der Waals surface area contributed by atoms with Gasteiger partial charge in [0.1, 0.15) is 26.4 Å². The maximum absolute atomic E-state index is 12.3. The highest BCUT2D eigenvalue weighted by molar-refractivity contribution is 6.14. The Morgan fingerprint density at radius 3 is 1.21 bits per heavy atom. The first-order valence-corrected chi connectivity index (χ1v) is 9.51. The van der Waals surface area contributed by atoms with Crippen LogP contribution >= 0.6 is 0 Å². The molecular weight excluding hydrogens is 456 g/mol. The molecule has 0 aliphatic rings. The van der Waals surface area contributed by atoms with Gasteiger partial charge in [-0.3, -0.25) is 0 Å². The molecule has 12 nitrogen and oxygen atoms in total. The molecule has 0 saturated carbocycles. The number of carboxylic acids is 2. The van der Waals surface area contributed by atoms with E-state index in [0.29, 0.717) is 0 Å². The van der Waals surface area contributed by atoms with Crippen LogP contribution in [0.1, 0.15) is 55.3 Å². The lowest BCUT2D eigenvalue weighted by atomic mass is 9.95. The topological polar surface area (TPSA) is 180 Å². The number of carbonyl (C=O) groups excluding carboxylic acids is 4. The Morgan fingerprint density at radius 1 is 0.647 bits per heavy atom. The number of ether oxygens (including phenoxy) is 4. The smallest absolute Gasteiger partial charge is 0.339 e. The zero-order valence-electron chi connectivity index (χ0n) is 18.4. The molecule has 0 atom stereocenters. The average molecular weight is 478 g/mol. The van der Waals surface area contributed by atoms with E-state index in [-0.39, 0.29) is 24.4 Å². The summed E-state index contributed by atoms with van der Waals surface area (Å²) >= 11 is 0. The molecular formula is C22H22O12. The van der Waals surface area contributed by atoms with E-state index in [1.54, 1.807) is 0 Å². The van der Waals surface area contributed by atoms with E-state index >= 15 is 0 Å². The highest BCUT2D eigenvalue weighted by Gasteiger charge is 2.31. The van der Waals surface area contributed by atoms with Crippen molar-refractivity contribution in [3.05, 3.63) is 58.7 Å². The summed E-state index contributed by atoms with van der Waals surface area (Å²) in [6, 6.07) is 1.77. The zero-order chi connectivity index (χ0) is 26.0. The van der Waals surface area contributed by atoms with Crippen molar-refractivity contribution in [2.24, 2.45) is 0 Å². The van der Waals surface area contributed by atoms with Crippen LogP contribution in [-0.2, 0) is 28.5 Å². The maximum atomic E-state index is 12.3. The fourth-order valence-corrected chi connectivity index (χ4v) is 2.33. The van der Waals surface area contributed by atoms with Crippen LogP contribution in [0, 0.1) is 0 Å². The highest BCUT2D eigenvalue weighted by Crippen LogP contribution is 2.22. The largest absolute Gasteiger partial charge is 0.478 e. The molecule has 0 amide bonds. The van der Waals surface area contributed by atoms with Crippen LogP contribution in [0.4, 0.5) is 0 Å². The second-order valence-corrected chi connectivity index (χ2v) is 6.63. The summed E-state index contributed by atoms with van der Waals surface area (Å²) in [5.41, 5.74) is -3.07. The summed E-state index contributed by atoms with van der Waals surface area (Å²) in [4.78, 5) is 70.8. The molecule has 0 radical (unpaired) electrons. The van der Waals surface area contributed by atoms with Gasteiger partial charge in [0.15, 0.2) is 0 Å². The van der Waals surface area contributed by atoms with Crippen LogP contribution in [0.15, 0.2) is 36.4 Å². The van der Waals surface area contributed by atoms with Gasteiger partial charge in [0, 0.05) is 11.1 Å². The van der Waals surface area contributed by atoms with Crippen LogP contribution in [0.3, 0.4) is 0 Å². The quantitative estimate of drug-likeness (QED) is 0.192. The van der Waals surface area contributed by atoms with Crippen LogP contribution in [-0.4, -0.2) is 72.5 Å². The lowest BCUT2D eigenvalue weighted by molar-refractivity contribution is -0.140. The predicted octanol–water partition coefficient (Wildman–Crippen LogP) is 1.64. The van der Waals surface area contributed by atoms with E-state index in [4.69, 9.17) is 18.9 Å². The normalized spacial score (nSPS) is 9.94. The lowest BCUT2D eigenvalue weighted by Gasteiger charge is -2.13. The summed E-state index contributed by atoms with van der Waals surface area (Å²) < 4.78 is 19.1. The van der Waals surface area contributed by atoms with E-state index in [0.717, 1.165) is 12.1 Å². The minimum atomic E-state index is -1.82. The van der Waals surface area contributed by atoms with Crippen molar-refractivity contribution in [1.82, 2.24) is 0 Å². The molecule has 0 bridgehead atoms. The fraction of sp³-hybridized carbons (Fsp3) is 0.273. The summed E-state index contributed by atoms with van der Waals surface area (Å²) in [6.45, 7) is 7.93. The van der Waals surface area contributed by atoms with Crippen molar-refractivity contribution in [2.45, 2.75) is 13.8 Å². The molecule has 0 aromatic heterocycles. The molecule has 0 fully saturated rings. The summed E-state index contributed by atoms with van der Waals surface area (Å²) in [5, 5.41) is 19.0. The average Bonchev–Trinajstić information content (AvgIpc) is 2.77. The van der Waals surface area contributed by atoms with E-state index in [1.165, 1.54) is 13.8 Å². The first-order valence-electron chi connectivity index (χ1n) is 9.51. The van der Waals surface area contributed by atoms with Crippen molar-refractivity contribution >= 4 is 35.8 Å². The molecule has 0 aliphatic carbocycles. The van der Waals surface area contributed by atoms with Gasteiger partial charge in [-0.25, -0.2) is 28.8 Å². The third kappa shape index (κ3) is 7.58. The Hall–Kier alpha value is -4.48. The van der Waals surface area contributed by atoms with Crippen LogP contribution in [0.5, 0.6) is 0 Å². The molecule has 1 aromatic carbocycles. The monoisotopic (exact) mass is 478 g/mol. The first-order chi connectivity index (χ1) is 15.9. The van der Waals surface area contributed by atoms with Gasteiger partial charge >= 0.3 is 35.8 Å². The van der Waals surface area contributed by atoms with Gasteiger partial charge in [0.2, 0.25) is 0 Å². The number of carbonyl (C=O) groups is 6. The number of hydrogen-bond acceptors (Lipinski definition) is 10. The fourth-order valence-electron chi connectivity index (χ4n) is 2.33. The molecule has 12 heteroatoms. The van der Waals surface area contributed by atoms with Gasteiger partial charge in [-0.15, -0.1) is 0 Å². The number of rotatable bonds is 12. The van der Waals surface area contributed by atoms with Crippen molar-refractivity contribution in [2.75, 3.05) is 26.4 Å². The third-order valence-corrected chi connectivity index (χ3v) is 3.87. The Balaban J connectivity index is 3.05. The van der Waals surface area contributed by atoms with Crippen molar-refractivity contribution in [1.29, 1.82) is 0 Å².